The van der Waals surface area contributed by atoms with Crippen LogP contribution in [0.1, 0.15) is 52.9 Å². The van der Waals surface area contributed by atoms with Gasteiger partial charge in [-0.05, 0) is 71.7 Å². The monoisotopic (exact) mass is 376 g/mol. The number of ether oxygens (including phenoxy) is 2. The molecular formula is C21H36N4O2. The van der Waals surface area contributed by atoms with Gasteiger partial charge in [-0.2, -0.15) is 0 Å². The molecule has 0 aromatic heterocycles. The van der Waals surface area contributed by atoms with Gasteiger partial charge >= 0.3 is 0 Å². The fourth-order valence-electron chi connectivity index (χ4n) is 3.44. The fraction of sp³-hybridized carbons (Fsp3) is 0.667. The number of aliphatic imine (C=N–C) groups is 1. The molecule has 1 heterocycles. The lowest BCUT2D eigenvalue weighted by Crippen LogP contribution is -2.38. The standard InChI is InChI=1S/C21H36N4O2/c1-4-26-18-11-12-20(27-5-2)19(16-18)24-21(22)23-13-7-9-15-25-14-8-6-10-17(25)3/h11-12,16-17H,4-10,13-15H2,1-3H3,(H3,22,23,24). The van der Waals surface area contributed by atoms with Crippen LogP contribution in [0.25, 0.3) is 0 Å². The smallest absolute Gasteiger partial charge is 0.193 e. The molecular weight excluding hydrogens is 340 g/mol. The van der Waals surface area contributed by atoms with Crippen LogP contribution in [0.15, 0.2) is 23.2 Å². The topological polar surface area (TPSA) is 72.1 Å². The summed E-state index contributed by atoms with van der Waals surface area (Å²) < 4.78 is 11.2. The van der Waals surface area contributed by atoms with Crippen molar-refractivity contribution in [1.29, 1.82) is 0 Å². The number of nitrogens with zero attached hydrogens (tertiary/aromatic N) is 2. The second kappa shape index (κ2) is 11.7. The first-order valence-corrected chi connectivity index (χ1v) is 10.3. The van der Waals surface area contributed by atoms with Crippen LogP contribution in [0.4, 0.5) is 5.69 Å². The zero-order valence-electron chi connectivity index (χ0n) is 17.2. The average molecular weight is 377 g/mol. The van der Waals surface area contributed by atoms with Crippen molar-refractivity contribution >= 4 is 11.6 Å². The third-order valence-electron chi connectivity index (χ3n) is 4.90. The Balaban J connectivity index is 1.80. The van der Waals surface area contributed by atoms with Gasteiger partial charge in [-0.15, -0.1) is 0 Å². The van der Waals surface area contributed by atoms with Crippen LogP contribution in [0.3, 0.4) is 0 Å². The first-order chi connectivity index (χ1) is 13.1. The number of rotatable bonds is 10. The summed E-state index contributed by atoms with van der Waals surface area (Å²) in [6.07, 6.45) is 6.24. The summed E-state index contributed by atoms with van der Waals surface area (Å²) >= 11 is 0. The van der Waals surface area contributed by atoms with Crippen LogP contribution in [0.5, 0.6) is 11.5 Å². The Kier molecular flexibility index (Phi) is 9.25. The number of anilines is 1. The number of hydrogen-bond donors (Lipinski definition) is 2. The summed E-state index contributed by atoms with van der Waals surface area (Å²) in [5.41, 5.74) is 6.86. The SMILES string of the molecule is CCOc1ccc(OCC)c(NC(N)=NCCCCN2CCCCC2C)c1. The van der Waals surface area contributed by atoms with Crippen LogP contribution in [-0.4, -0.2) is 49.7 Å². The molecule has 1 unspecified atom stereocenters. The number of nitrogens with one attached hydrogen (secondary N) is 1. The van der Waals surface area contributed by atoms with E-state index in [1.165, 1.54) is 25.8 Å². The summed E-state index contributed by atoms with van der Waals surface area (Å²) in [4.78, 5) is 7.07. The normalized spacial score (nSPS) is 18.3. The van der Waals surface area contributed by atoms with Gasteiger partial charge in [0.15, 0.2) is 5.96 Å². The molecule has 1 fully saturated rings. The first kappa shape index (κ1) is 21.4. The van der Waals surface area contributed by atoms with Crippen molar-refractivity contribution in [2.75, 3.05) is 38.2 Å². The van der Waals surface area contributed by atoms with Crippen LogP contribution < -0.4 is 20.5 Å². The second-order valence-electron chi connectivity index (χ2n) is 7.00. The van der Waals surface area contributed by atoms with E-state index in [1.807, 2.05) is 32.0 Å². The van der Waals surface area contributed by atoms with Gasteiger partial charge in [0, 0.05) is 18.7 Å². The van der Waals surface area contributed by atoms with E-state index in [-0.39, 0.29) is 0 Å². The van der Waals surface area contributed by atoms with Crippen LogP contribution in [0, 0.1) is 0 Å². The molecule has 0 radical (unpaired) electrons. The van der Waals surface area contributed by atoms with Crippen LogP contribution in [0.2, 0.25) is 0 Å². The molecule has 0 amide bonds. The predicted octanol–water partition coefficient (Wildman–Crippen LogP) is 3.87. The Bertz CT molecular complexity index is 592. The van der Waals surface area contributed by atoms with Crippen molar-refractivity contribution in [1.82, 2.24) is 4.90 Å². The minimum Gasteiger partial charge on any atom is -0.494 e. The van der Waals surface area contributed by atoms with E-state index in [0.717, 1.165) is 49.2 Å². The Labute approximate surface area is 164 Å². The van der Waals surface area contributed by atoms with E-state index < -0.39 is 0 Å². The maximum Gasteiger partial charge on any atom is 0.193 e. The zero-order chi connectivity index (χ0) is 19.5. The molecule has 1 aromatic carbocycles. The molecule has 0 spiro atoms. The molecule has 6 heteroatoms. The van der Waals surface area contributed by atoms with Crippen LogP contribution >= 0.6 is 0 Å². The molecule has 2 rings (SSSR count). The highest BCUT2D eigenvalue weighted by atomic mass is 16.5. The lowest BCUT2D eigenvalue weighted by atomic mass is 10.0. The van der Waals surface area contributed by atoms with Gasteiger partial charge in [-0.3, -0.25) is 4.99 Å². The number of likely N-dealkylation sites (tertiary alicyclic amines) is 1. The molecule has 1 aromatic rings. The summed E-state index contributed by atoms with van der Waals surface area (Å²) in [7, 11) is 0. The number of piperidine rings is 1. The van der Waals surface area contributed by atoms with Gasteiger partial charge in [0.2, 0.25) is 0 Å². The lowest BCUT2D eigenvalue weighted by molar-refractivity contribution is 0.158. The van der Waals surface area contributed by atoms with E-state index >= 15 is 0 Å². The van der Waals surface area contributed by atoms with Crippen molar-refractivity contribution in [2.24, 2.45) is 10.7 Å². The highest BCUT2D eigenvalue weighted by Crippen LogP contribution is 2.29. The number of nitrogens with two attached hydrogens (primary N) is 1. The maximum absolute atomic E-state index is 6.07. The van der Waals surface area contributed by atoms with Gasteiger partial charge in [-0.1, -0.05) is 6.42 Å². The molecule has 152 valence electrons. The molecule has 1 aliphatic heterocycles. The van der Waals surface area contributed by atoms with Crippen molar-refractivity contribution in [2.45, 2.75) is 58.9 Å². The predicted molar refractivity (Wildman–Crippen MR) is 113 cm³/mol. The molecule has 0 aliphatic carbocycles. The highest BCUT2D eigenvalue weighted by Gasteiger charge is 2.16. The zero-order valence-corrected chi connectivity index (χ0v) is 17.2. The fourth-order valence-corrected chi connectivity index (χ4v) is 3.44. The molecule has 3 N–H and O–H groups in total. The van der Waals surface area contributed by atoms with Crippen molar-refractivity contribution in [3.63, 3.8) is 0 Å². The maximum atomic E-state index is 6.07. The Morgan fingerprint density at radius 2 is 2.04 bits per heavy atom. The summed E-state index contributed by atoms with van der Waals surface area (Å²) in [6, 6.07) is 6.41. The minimum absolute atomic E-state index is 0.413. The second-order valence-corrected chi connectivity index (χ2v) is 7.00. The third-order valence-corrected chi connectivity index (χ3v) is 4.90. The first-order valence-electron chi connectivity index (χ1n) is 10.3. The Morgan fingerprint density at radius 1 is 1.22 bits per heavy atom. The number of hydrogen-bond acceptors (Lipinski definition) is 4. The van der Waals surface area contributed by atoms with E-state index in [2.05, 4.69) is 22.1 Å². The average Bonchev–Trinajstić information content (AvgIpc) is 2.65. The van der Waals surface area contributed by atoms with E-state index in [1.54, 1.807) is 0 Å². The van der Waals surface area contributed by atoms with Crippen molar-refractivity contribution in [3.8, 4) is 11.5 Å². The number of guanidine groups is 1. The van der Waals surface area contributed by atoms with E-state index in [9.17, 15) is 0 Å². The third kappa shape index (κ3) is 7.29. The summed E-state index contributed by atoms with van der Waals surface area (Å²) in [6.45, 7) is 10.6. The molecule has 1 saturated heterocycles. The van der Waals surface area contributed by atoms with Crippen LogP contribution in [-0.2, 0) is 0 Å². The van der Waals surface area contributed by atoms with Crippen molar-refractivity contribution < 1.29 is 9.47 Å². The molecule has 0 bridgehead atoms. The minimum atomic E-state index is 0.413. The van der Waals surface area contributed by atoms with Crippen molar-refractivity contribution in [3.05, 3.63) is 18.2 Å². The van der Waals surface area contributed by atoms with Gasteiger partial charge < -0.3 is 25.4 Å². The molecule has 1 aliphatic rings. The molecule has 0 saturated carbocycles. The summed E-state index contributed by atoms with van der Waals surface area (Å²) in [5, 5.41) is 3.15. The number of benzene rings is 1. The molecule has 1 atom stereocenters. The Morgan fingerprint density at radius 3 is 2.78 bits per heavy atom. The largest absolute Gasteiger partial charge is 0.494 e. The van der Waals surface area contributed by atoms with E-state index in [4.69, 9.17) is 15.2 Å². The summed E-state index contributed by atoms with van der Waals surface area (Å²) in [5.74, 6) is 1.95. The molecule has 27 heavy (non-hydrogen) atoms. The number of unbranched alkanes of at least 4 members (excludes halogenated alkanes) is 1. The van der Waals surface area contributed by atoms with Gasteiger partial charge in [-0.25, -0.2) is 0 Å². The molecule has 6 nitrogen and oxygen atoms in total. The van der Waals surface area contributed by atoms with E-state index in [0.29, 0.717) is 19.2 Å². The Hall–Kier alpha value is -1.95. The lowest BCUT2D eigenvalue weighted by Gasteiger charge is -2.33. The van der Waals surface area contributed by atoms with Gasteiger partial charge in [0.1, 0.15) is 11.5 Å². The van der Waals surface area contributed by atoms with Gasteiger partial charge in [0.05, 0.1) is 18.9 Å². The van der Waals surface area contributed by atoms with Gasteiger partial charge in [0.25, 0.3) is 0 Å². The highest BCUT2D eigenvalue weighted by molar-refractivity contribution is 5.94. The quantitative estimate of drug-likeness (QED) is 0.368.